The van der Waals surface area contributed by atoms with Gasteiger partial charge in [-0.05, 0) is 18.2 Å². The molecule has 5 nitrogen and oxygen atoms in total. The van der Waals surface area contributed by atoms with Gasteiger partial charge in [-0.1, -0.05) is 11.6 Å². The fourth-order valence-corrected chi connectivity index (χ4v) is 2.12. The molecule has 1 fully saturated rings. The van der Waals surface area contributed by atoms with Gasteiger partial charge in [-0.2, -0.15) is 0 Å². The molecule has 1 aliphatic heterocycles. The Balaban J connectivity index is 1.94. The molecule has 104 valence electrons. The van der Waals surface area contributed by atoms with E-state index in [0.29, 0.717) is 37.1 Å². The van der Waals surface area contributed by atoms with E-state index >= 15 is 0 Å². The van der Waals surface area contributed by atoms with Crippen molar-refractivity contribution in [2.75, 3.05) is 26.9 Å². The average molecular weight is 285 g/mol. The number of carbonyl (C=O) groups is 1. The Kier molecular flexibility index (Phi) is 5.01. The van der Waals surface area contributed by atoms with E-state index in [1.807, 2.05) is 0 Å². The van der Waals surface area contributed by atoms with E-state index in [9.17, 15) is 4.79 Å². The number of morpholine rings is 1. The van der Waals surface area contributed by atoms with Crippen LogP contribution in [-0.2, 0) is 16.1 Å². The minimum Gasteiger partial charge on any atom is -0.496 e. The predicted molar refractivity (Wildman–Crippen MR) is 72.5 cm³/mol. The zero-order valence-electron chi connectivity index (χ0n) is 10.7. The van der Waals surface area contributed by atoms with E-state index in [4.69, 9.17) is 21.1 Å². The van der Waals surface area contributed by atoms with Gasteiger partial charge >= 0.3 is 0 Å². The number of nitrogens with one attached hydrogen (secondary N) is 2. The monoisotopic (exact) mass is 284 g/mol. The van der Waals surface area contributed by atoms with Crippen LogP contribution in [0.25, 0.3) is 0 Å². The van der Waals surface area contributed by atoms with Crippen LogP contribution in [-0.4, -0.2) is 38.8 Å². The van der Waals surface area contributed by atoms with E-state index in [2.05, 4.69) is 10.6 Å². The van der Waals surface area contributed by atoms with Gasteiger partial charge in [0.05, 0.1) is 20.3 Å². The van der Waals surface area contributed by atoms with Gasteiger partial charge in [0.2, 0.25) is 5.91 Å². The fourth-order valence-electron chi connectivity index (χ4n) is 1.92. The van der Waals surface area contributed by atoms with Crippen LogP contribution in [0.2, 0.25) is 5.02 Å². The second-order valence-corrected chi connectivity index (χ2v) is 4.69. The molecule has 1 saturated heterocycles. The maximum absolute atomic E-state index is 11.9. The molecule has 0 saturated carbocycles. The smallest absolute Gasteiger partial charge is 0.239 e. The third-order valence-electron chi connectivity index (χ3n) is 2.93. The molecule has 1 heterocycles. The zero-order chi connectivity index (χ0) is 13.7. The summed E-state index contributed by atoms with van der Waals surface area (Å²) in [5.74, 6) is 0.624. The molecule has 2 N–H and O–H groups in total. The number of benzene rings is 1. The van der Waals surface area contributed by atoms with E-state index in [1.165, 1.54) is 0 Å². The lowest BCUT2D eigenvalue weighted by molar-refractivity contribution is -0.126. The van der Waals surface area contributed by atoms with Crippen LogP contribution in [0.4, 0.5) is 0 Å². The van der Waals surface area contributed by atoms with Crippen molar-refractivity contribution in [1.29, 1.82) is 0 Å². The summed E-state index contributed by atoms with van der Waals surface area (Å²) in [6.45, 7) is 2.11. The number of rotatable bonds is 4. The molecule has 6 heteroatoms. The predicted octanol–water partition coefficient (Wildman–Crippen LogP) is 0.953. The normalized spacial score (nSPS) is 18.9. The molecule has 0 aliphatic carbocycles. The molecule has 1 aliphatic rings. The molecular weight excluding hydrogens is 268 g/mol. The van der Waals surface area contributed by atoms with Crippen molar-refractivity contribution in [2.24, 2.45) is 0 Å². The molecule has 0 spiro atoms. The van der Waals surface area contributed by atoms with E-state index < -0.39 is 0 Å². The highest BCUT2D eigenvalue weighted by Gasteiger charge is 2.20. The standard InChI is InChI=1S/C13H17ClN2O3/c1-18-12-3-2-10(14)6-9(12)7-16-13(17)11-8-19-5-4-15-11/h2-3,6,11,15H,4-5,7-8H2,1H3,(H,16,17). The molecule has 2 rings (SSSR count). The lowest BCUT2D eigenvalue weighted by atomic mass is 10.2. The summed E-state index contributed by atoms with van der Waals surface area (Å²) in [6.07, 6.45) is 0. The summed E-state index contributed by atoms with van der Waals surface area (Å²) >= 11 is 5.94. The Morgan fingerprint density at radius 1 is 1.63 bits per heavy atom. The highest BCUT2D eigenvalue weighted by Crippen LogP contribution is 2.22. The van der Waals surface area contributed by atoms with Crippen LogP contribution in [0.3, 0.4) is 0 Å². The Labute approximate surface area is 117 Å². The van der Waals surface area contributed by atoms with Crippen molar-refractivity contribution in [1.82, 2.24) is 10.6 Å². The lowest BCUT2D eigenvalue weighted by Gasteiger charge is -2.23. The number of halogens is 1. The first-order chi connectivity index (χ1) is 9.20. The minimum atomic E-state index is -0.293. The Morgan fingerprint density at radius 2 is 2.47 bits per heavy atom. The van der Waals surface area contributed by atoms with Gasteiger partial charge in [-0.3, -0.25) is 4.79 Å². The average Bonchev–Trinajstić information content (AvgIpc) is 2.46. The lowest BCUT2D eigenvalue weighted by Crippen LogP contribution is -2.51. The quantitative estimate of drug-likeness (QED) is 0.864. The number of hydrogen-bond donors (Lipinski definition) is 2. The number of amides is 1. The van der Waals surface area contributed by atoms with Gasteiger partial charge in [0.25, 0.3) is 0 Å². The molecule has 1 aromatic carbocycles. The fraction of sp³-hybridized carbons (Fsp3) is 0.462. The van der Waals surface area contributed by atoms with Crippen molar-refractivity contribution >= 4 is 17.5 Å². The summed E-state index contributed by atoms with van der Waals surface area (Å²) in [5, 5.41) is 6.57. The summed E-state index contributed by atoms with van der Waals surface area (Å²) in [6, 6.07) is 5.03. The first kappa shape index (κ1) is 14.1. The van der Waals surface area contributed by atoms with Crippen LogP contribution in [0, 0.1) is 0 Å². The summed E-state index contributed by atoms with van der Waals surface area (Å²) in [7, 11) is 1.59. The number of carbonyl (C=O) groups excluding carboxylic acids is 1. The van der Waals surface area contributed by atoms with Crippen molar-refractivity contribution in [3.05, 3.63) is 28.8 Å². The molecule has 1 amide bonds. The van der Waals surface area contributed by atoms with Crippen LogP contribution in [0.5, 0.6) is 5.75 Å². The van der Waals surface area contributed by atoms with E-state index in [-0.39, 0.29) is 11.9 Å². The number of methoxy groups -OCH3 is 1. The summed E-state index contributed by atoms with van der Waals surface area (Å²) in [5.41, 5.74) is 0.847. The zero-order valence-corrected chi connectivity index (χ0v) is 11.5. The molecular formula is C13H17ClN2O3. The van der Waals surface area contributed by atoms with Crippen LogP contribution in [0.15, 0.2) is 18.2 Å². The molecule has 1 aromatic rings. The van der Waals surface area contributed by atoms with Crippen LogP contribution in [0.1, 0.15) is 5.56 Å². The first-order valence-corrected chi connectivity index (χ1v) is 6.50. The van der Waals surface area contributed by atoms with Crippen molar-refractivity contribution in [2.45, 2.75) is 12.6 Å². The SMILES string of the molecule is COc1ccc(Cl)cc1CNC(=O)C1COCCN1. The molecule has 0 radical (unpaired) electrons. The highest BCUT2D eigenvalue weighted by molar-refractivity contribution is 6.30. The van der Waals surface area contributed by atoms with Crippen molar-refractivity contribution < 1.29 is 14.3 Å². The Hall–Kier alpha value is -1.30. The summed E-state index contributed by atoms with van der Waals surface area (Å²) in [4.78, 5) is 11.9. The van der Waals surface area contributed by atoms with Gasteiger partial charge in [0.1, 0.15) is 11.8 Å². The molecule has 1 atom stereocenters. The third kappa shape index (κ3) is 3.83. The van der Waals surface area contributed by atoms with E-state index in [1.54, 1.807) is 25.3 Å². The van der Waals surface area contributed by atoms with Gasteiger partial charge in [-0.15, -0.1) is 0 Å². The number of hydrogen-bond acceptors (Lipinski definition) is 4. The number of ether oxygens (including phenoxy) is 2. The summed E-state index contributed by atoms with van der Waals surface area (Å²) < 4.78 is 10.5. The van der Waals surface area contributed by atoms with Gasteiger partial charge in [0.15, 0.2) is 0 Å². The first-order valence-electron chi connectivity index (χ1n) is 6.12. The third-order valence-corrected chi connectivity index (χ3v) is 3.17. The second kappa shape index (κ2) is 6.75. The molecule has 0 aromatic heterocycles. The van der Waals surface area contributed by atoms with Gasteiger partial charge < -0.3 is 20.1 Å². The van der Waals surface area contributed by atoms with Gasteiger partial charge in [-0.25, -0.2) is 0 Å². The largest absolute Gasteiger partial charge is 0.496 e. The Bertz CT molecular complexity index is 448. The minimum absolute atomic E-state index is 0.0817. The maximum atomic E-state index is 11.9. The molecule has 1 unspecified atom stereocenters. The topological polar surface area (TPSA) is 59.6 Å². The van der Waals surface area contributed by atoms with Crippen LogP contribution >= 0.6 is 11.6 Å². The molecule has 0 bridgehead atoms. The highest BCUT2D eigenvalue weighted by atomic mass is 35.5. The van der Waals surface area contributed by atoms with Crippen LogP contribution < -0.4 is 15.4 Å². The maximum Gasteiger partial charge on any atom is 0.239 e. The van der Waals surface area contributed by atoms with Crippen molar-refractivity contribution in [3.8, 4) is 5.75 Å². The second-order valence-electron chi connectivity index (χ2n) is 4.26. The van der Waals surface area contributed by atoms with E-state index in [0.717, 1.165) is 5.56 Å². The van der Waals surface area contributed by atoms with Gasteiger partial charge in [0, 0.05) is 23.7 Å². The van der Waals surface area contributed by atoms with Crippen molar-refractivity contribution in [3.63, 3.8) is 0 Å². The Morgan fingerprint density at radius 3 is 3.16 bits per heavy atom. The molecule has 19 heavy (non-hydrogen) atoms.